The van der Waals surface area contributed by atoms with Gasteiger partial charge in [-0.15, -0.1) is 0 Å². The molecule has 0 radical (unpaired) electrons. The van der Waals surface area contributed by atoms with Crippen LogP contribution in [0, 0.1) is 0 Å². The minimum atomic E-state index is -3.95. The molecule has 0 spiro atoms. The number of rotatable bonds is 10. The highest BCUT2D eigenvalue weighted by molar-refractivity contribution is 7.93. The second kappa shape index (κ2) is 11.4. The predicted octanol–water partition coefficient (Wildman–Crippen LogP) is 5.52. The Labute approximate surface area is 217 Å². The third-order valence-electron chi connectivity index (χ3n) is 5.98. The van der Waals surface area contributed by atoms with E-state index in [4.69, 9.17) is 34.8 Å². The van der Waals surface area contributed by atoms with Gasteiger partial charge in [-0.05, 0) is 88.2 Å². The second-order valence-electron chi connectivity index (χ2n) is 8.77. The number of hydrogen-bond acceptors (Lipinski definition) is 5. The largest absolute Gasteiger partial charge is 0.299 e. The minimum Gasteiger partial charge on any atom is -0.299 e. The van der Waals surface area contributed by atoms with Crippen molar-refractivity contribution in [2.45, 2.75) is 49.6 Å². The van der Waals surface area contributed by atoms with Crippen LogP contribution in [0.15, 0.2) is 47.4 Å². The van der Waals surface area contributed by atoms with E-state index in [9.17, 15) is 16.8 Å². The average Bonchev–Trinajstić information content (AvgIpc) is 3.16. The van der Waals surface area contributed by atoms with Crippen LogP contribution < -0.4 is 4.31 Å². The van der Waals surface area contributed by atoms with Crippen LogP contribution in [0.5, 0.6) is 0 Å². The molecule has 3 rings (SSSR count). The third-order valence-corrected chi connectivity index (χ3v) is 9.72. The first kappa shape index (κ1) is 27.6. The van der Waals surface area contributed by atoms with Gasteiger partial charge in [-0.1, -0.05) is 34.8 Å². The van der Waals surface area contributed by atoms with E-state index in [0.29, 0.717) is 35.1 Å². The van der Waals surface area contributed by atoms with Gasteiger partial charge >= 0.3 is 0 Å². The van der Waals surface area contributed by atoms with E-state index in [1.54, 1.807) is 18.2 Å². The Hall–Kier alpha value is -1.03. The molecule has 1 saturated heterocycles. The molecule has 2 aromatic rings. The molecular formula is C23H29Cl3N2O4S2. The second-order valence-corrected chi connectivity index (χ2v) is 14.0. The van der Waals surface area contributed by atoms with Crippen molar-refractivity contribution in [3.05, 3.63) is 57.5 Å². The van der Waals surface area contributed by atoms with Gasteiger partial charge < -0.3 is 0 Å². The summed E-state index contributed by atoms with van der Waals surface area (Å²) in [4.78, 5) is 2.30. The number of nitrogens with zero attached hydrogens (tertiary/aromatic N) is 2. The molecule has 2 atom stereocenters. The van der Waals surface area contributed by atoms with Crippen molar-refractivity contribution in [3.8, 4) is 0 Å². The van der Waals surface area contributed by atoms with E-state index in [2.05, 4.69) is 4.90 Å². The molecule has 11 heteroatoms. The fourth-order valence-electron chi connectivity index (χ4n) is 4.41. The molecule has 0 saturated carbocycles. The van der Waals surface area contributed by atoms with Gasteiger partial charge in [-0.2, -0.15) is 0 Å². The quantitative estimate of drug-likeness (QED) is 0.378. The topological polar surface area (TPSA) is 74.8 Å². The molecule has 2 aromatic carbocycles. The van der Waals surface area contributed by atoms with Gasteiger partial charge in [-0.3, -0.25) is 9.21 Å². The number of sulfonamides is 1. The summed E-state index contributed by atoms with van der Waals surface area (Å²) in [5, 5.41) is 1.10. The third kappa shape index (κ3) is 7.02. The lowest BCUT2D eigenvalue weighted by Crippen LogP contribution is -2.40. The molecular weight excluding hydrogens is 539 g/mol. The Balaban J connectivity index is 1.82. The Morgan fingerprint density at radius 2 is 1.68 bits per heavy atom. The van der Waals surface area contributed by atoms with Crippen LogP contribution >= 0.6 is 34.8 Å². The Kier molecular flexibility index (Phi) is 9.20. The molecule has 34 heavy (non-hydrogen) atoms. The van der Waals surface area contributed by atoms with Gasteiger partial charge in [-0.25, -0.2) is 16.8 Å². The molecule has 1 heterocycles. The number of halogens is 3. The van der Waals surface area contributed by atoms with Crippen LogP contribution in [0.2, 0.25) is 15.1 Å². The standard InChI is InChI=1S/C23H29Cl3N2O4S2/c1-17(5-3-13-27-14-4-6-20(27)16-33(2,29)30)28(23-15-19(25)9-12-22(23)26)34(31,32)21-10-7-18(24)8-11-21/h7-12,15,17,20H,3-6,13-14,16H2,1-2H3/t17-,20?/m1/s1. The van der Waals surface area contributed by atoms with Crippen molar-refractivity contribution >= 4 is 60.4 Å². The van der Waals surface area contributed by atoms with Crippen LogP contribution in [0.4, 0.5) is 5.69 Å². The highest BCUT2D eigenvalue weighted by Crippen LogP contribution is 2.35. The van der Waals surface area contributed by atoms with E-state index in [1.807, 2.05) is 6.92 Å². The summed E-state index contributed by atoms with van der Waals surface area (Å²) in [6, 6.07) is 10.3. The highest BCUT2D eigenvalue weighted by Gasteiger charge is 2.32. The molecule has 1 aliphatic heterocycles. The molecule has 0 bridgehead atoms. The number of anilines is 1. The monoisotopic (exact) mass is 566 g/mol. The first-order valence-electron chi connectivity index (χ1n) is 11.1. The van der Waals surface area contributed by atoms with E-state index in [0.717, 1.165) is 19.4 Å². The normalized spacial score (nSPS) is 18.2. The zero-order valence-corrected chi connectivity index (χ0v) is 23.0. The summed E-state index contributed by atoms with van der Waals surface area (Å²) in [7, 11) is -7.01. The molecule has 1 unspecified atom stereocenters. The maximum Gasteiger partial charge on any atom is 0.264 e. The van der Waals surface area contributed by atoms with Gasteiger partial charge in [0.1, 0.15) is 9.84 Å². The summed E-state index contributed by atoms with van der Waals surface area (Å²) < 4.78 is 52.2. The van der Waals surface area contributed by atoms with Crippen LogP contribution in [-0.2, 0) is 19.9 Å². The zero-order valence-electron chi connectivity index (χ0n) is 19.1. The first-order chi connectivity index (χ1) is 15.9. The molecule has 1 aliphatic rings. The molecule has 0 aliphatic carbocycles. The lowest BCUT2D eigenvalue weighted by atomic mass is 10.1. The lowest BCUT2D eigenvalue weighted by molar-refractivity contribution is 0.262. The summed E-state index contributed by atoms with van der Waals surface area (Å²) >= 11 is 18.6. The Bertz CT molecular complexity index is 1210. The molecule has 0 N–H and O–H groups in total. The summed E-state index contributed by atoms with van der Waals surface area (Å²) in [6.45, 7) is 3.38. The number of sulfone groups is 1. The minimum absolute atomic E-state index is 0.0154. The van der Waals surface area contributed by atoms with Crippen molar-refractivity contribution in [1.82, 2.24) is 4.90 Å². The fraction of sp³-hybridized carbons (Fsp3) is 0.478. The molecule has 6 nitrogen and oxygen atoms in total. The summed E-state index contributed by atoms with van der Waals surface area (Å²) in [5.74, 6) is 0.151. The smallest absolute Gasteiger partial charge is 0.264 e. The van der Waals surface area contributed by atoms with E-state index >= 15 is 0 Å². The molecule has 0 aromatic heterocycles. The Morgan fingerprint density at radius 1 is 1.03 bits per heavy atom. The maximum absolute atomic E-state index is 13.7. The van der Waals surface area contributed by atoms with Gasteiger partial charge in [0.25, 0.3) is 10.0 Å². The summed E-state index contributed by atoms with van der Waals surface area (Å²) in [5.41, 5.74) is 0.313. The van der Waals surface area contributed by atoms with E-state index in [-0.39, 0.29) is 21.7 Å². The molecule has 1 fully saturated rings. The number of benzene rings is 2. The molecule has 188 valence electrons. The maximum atomic E-state index is 13.7. The van der Waals surface area contributed by atoms with Crippen LogP contribution in [0.3, 0.4) is 0 Å². The van der Waals surface area contributed by atoms with Crippen molar-refractivity contribution in [3.63, 3.8) is 0 Å². The van der Waals surface area contributed by atoms with Gasteiger partial charge in [0, 0.05) is 28.4 Å². The highest BCUT2D eigenvalue weighted by atomic mass is 35.5. The Morgan fingerprint density at radius 3 is 2.32 bits per heavy atom. The van der Waals surface area contributed by atoms with E-state index in [1.165, 1.54) is 34.8 Å². The van der Waals surface area contributed by atoms with Gasteiger partial charge in [0.2, 0.25) is 0 Å². The van der Waals surface area contributed by atoms with Crippen molar-refractivity contribution in [2.75, 3.05) is 29.4 Å². The lowest BCUT2D eigenvalue weighted by Gasteiger charge is -2.32. The van der Waals surface area contributed by atoms with Crippen LogP contribution in [0.1, 0.15) is 32.6 Å². The first-order valence-corrected chi connectivity index (χ1v) is 15.7. The van der Waals surface area contributed by atoms with Crippen molar-refractivity contribution < 1.29 is 16.8 Å². The predicted molar refractivity (Wildman–Crippen MR) is 141 cm³/mol. The summed E-state index contributed by atoms with van der Waals surface area (Å²) in [6.07, 6.45) is 4.34. The fourth-order valence-corrected chi connectivity index (χ4v) is 7.74. The van der Waals surface area contributed by atoms with Crippen LogP contribution in [-0.4, -0.2) is 58.9 Å². The average molecular weight is 568 g/mol. The van der Waals surface area contributed by atoms with E-state index < -0.39 is 25.9 Å². The molecule has 0 amide bonds. The van der Waals surface area contributed by atoms with Crippen molar-refractivity contribution in [2.24, 2.45) is 0 Å². The van der Waals surface area contributed by atoms with Crippen LogP contribution in [0.25, 0.3) is 0 Å². The number of hydrogen-bond donors (Lipinski definition) is 0. The van der Waals surface area contributed by atoms with Gasteiger partial charge in [0.15, 0.2) is 0 Å². The van der Waals surface area contributed by atoms with Gasteiger partial charge in [0.05, 0.1) is 21.4 Å². The zero-order chi connectivity index (χ0) is 25.1. The number of likely N-dealkylation sites (tertiary alicyclic amines) is 1. The SMILES string of the molecule is C[C@H](CCCN1CCCC1CS(C)(=O)=O)N(c1cc(Cl)ccc1Cl)S(=O)(=O)c1ccc(Cl)cc1. The van der Waals surface area contributed by atoms with Crippen molar-refractivity contribution in [1.29, 1.82) is 0 Å².